The second kappa shape index (κ2) is 6.70. The lowest BCUT2D eigenvalue weighted by Gasteiger charge is -2.40. The van der Waals surface area contributed by atoms with Crippen molar-refractivity contribution in [3.05, 3.63) is 17.2 Å². The highest BCUT2D eigenvalue weighted by molar-refractivity contribution is 6.30. The van der Waals surface area contributed by atoms with E-state index in [9.17, 15) is 0 Å². The molecule has 0 aromatic carbocycles. The summed E-state index contributed by atoms with van der Waals surface area (Å²) in [6.07, 6.45) is 1.67. The molecule has 108 valence electrons. The Hall–Kier alpha value is -0.620. The molecule has 1 aromatic heterocycles. The van der Waals surface area contributed by atoms with Gasteiger partial charge in [0.1, 0.15) is 0 Å². The van der Waals surface area contributed by atoms with Gasteiger partial charge >= 0.3 is 0 Å². The van der Waals surface area contributed by atoms with E-state index in [0.717, 1.165) is 38.4 Å². The molecule has 2 heterocycles. The van der Waals surface area contributed by atoms with E-state index in [2.05, 4.69) is 38.9 Å². The van der Waals surface area contributed by atoms with E-state index in [1.165, 1.54) is 0 Å². The first-order valence-corrected chi connectivity index (χ1v) is 7.32. The molecule has 2 rings (SSSR count). The quantitative estimate of drug-likeness (QED) is 0.857. The van der Waals surface area contributed by atoms with Crippen LogP contribution in [0.2, 0.25) is 5.15 Å². The summed E-state index contributed by atoms with van der Waals surface area (Å²) >= 11 is 6.16. The molecular formula is C13H24ClN5. The Morgan fingerprint density at radius 1 is 1.32 bits per heavy atom. The summed E-state index contributed by atoms with van der Waals surface area (Å²) in [5, 5.41) is 3.84. The van der Waals surface area contributed by atoms with Crippen LogP contribution in [-0.2, 0) is 0 Å². The first-order chi connectivity index (χ1) is 9.13. The molecule has 0 aliphatic carbocycles. The zero-order valence-electron chi connectivity index (χ0n) is 12.0. The van der Waals surface area contributed by atoms with Gasteiger partial charge in [-0.1, -0.05) is 11.6 Å². The number of aromatic nitrogens is 2. The van der Waals surface area contributed by atoms with Crippen LogP contribution >= 0.6 is 11.6 Å². The molecule has 2 N–H and O–H groups in total. The van der Waals surface area contributed by atoms with Crippen LogP contribution in [0.3, 0.4) is 0 Å². The van der Waals surface area contributed by atoms with Gasteiger partial charge in [-0.25, -0.2) is 4.98 Å². The van der Waals surface area contributed by atoms with Gasteiger partial charge in [-0.2, -0.15) is 0 Å². The van der Waals surface area contributed by atoms with Crippen LogP contribution in [0.4, 0.5) is 0 Å². The summed E-state index contributed by atoms with van der Waals surface area (Å²) < 4.78 is 0. The summed E-state index contributed by atoms with van der Waals surface area (Å²) in [6, 6.07) is 0.898. The summed E-state index contributed by atoms with van der Waals surface area (Å²) in [5.41, 5.74) is 1.02. The SMILES string of the molecule is CNCC(c1[nH]cnc1Cl)N1CCN(C(C)C)CC1. The third-order valence-electron chi connectivity index (χ3n) is 3.87. The molecule has 1 fully saturated rings. The average Bonchev–Trinajstić information content (AvgIpc) is 2.82. The second-order valence-electron chi connectivity index (χ2n) is 5.35. The Bertz CT molecular complexity index is 384. The molecule has 1 aliphatic rings. The number of hydrogen-bond acceptors (Lipinski definition) is 4. The number of nitrogens with zero attached hydrogens (tertiary/aromatic N) is 3. The van der Waals surface area contributed by atoms with Gasteiger partial charge in [-0.3, -0.25) is 9.80 Å². The molecule has 1 unspecified atom stereocenters. The fraction of sp³-hybridized carbons (Fsp3) is 0.769. The van der Waals surface area contributed by atoms with Crippen LogP contribution in [0, 0.1) is 0 Å². The third-order valence-corrected chi connectivity index (χ3v) is 4.17. The Morgan fingerprint density at radius 2 is 1.95 bits per heavy atom. The average molecular weight is 286 g/mol. The molecule has 1 aliphatic heterocycles. The molecule has 1 saturated heterocycles. The van der Waals surface area contributed by atoms with E-state index in [4.69, 9.17) is 11.6 Å². The minimum absolute atomic E-state index is 0.273. The van der Waals surface area contributed by atoms with E-state index in [0.29, 0.717) is 11.2 Å². The lowest BCUT2D eigenvalue weighted by Crippen LogP contribution is -2.51. The largest absolute Gasteiger partial charge is 0.346 e. The maximum atomic E-state index is 6.16. The molecule has 1 aromatic rings. The molecule has 0 saturated carbocycles. The van der Waals surface area contributed by atoms with Crippen LogP contribution in [0.15, 0.2) is 6.33 Å². The molecule has 0 spiro atoms. The molecule has 1 atom stereocenters. The topological polar surface area (TPSA) is 47.2 Å². The van der Waals surface area contributed by atoms with E-state index in [1.54, 1.807) is 6.33 Å². The number of rotatable bonds is 5. The van der Waals surface area contributed by atoms with Crippen LogP contribution in [0.5, 0.6) is 0 Å². The minimum Gasteiger partial charge on any atom is -0.346 e. The van der Waals surface area contributed by atoms with Gasteiger partial charge in [0.25, 0.3) is 0 Å². The number of likely N-dealkylation sites (N-methyl/N-ethyl adjacent to an activating group) is 1. The molecule has 0 amide bonds. The Balaban J connectivity index is 2.03. The van der Waals surface area contributed by atoms with E-state index in [1.807, 2.05) is 7.05 Å². The molecule has 0 radical (unpaired) electrons. The highest BCUT2D eigenvalue weighted by Crippen LogP contribution is 2.25. The number of hydrogen-bond donors (Lipinski definition) is 2. The molecular weight excluding hydrogens is 262 g/mol. The van der Waals surface area contributed by atoms with Crippen LogP contribution in [-0.4, -0.2) is 65.6 Å². The predicted molar refractivity (Wildman–Crippen MR) is 78.5 cm³/mol. The Kier molecular flexibility index (Phi) is 5.21. The van der Waals surface area contributed by atoms with Crippen molar-refractivity contribution >= 4 is 11.6 Å². The smallest absolute Gasteiger partial charge is 0.151 e. The number of piperazine rings is 1. The van der Waals surface area contributed by atoms with Crippen LogP contribution < -0.4 is 5.32 Å². The minimum atomic E-state index is 0.273. The van der Waals surface area contributed by atoms with Gasteiger partial charge in [-0.15, -0.1) is 0 Å². The zero-order chi connectivity index (χ0) is 13.8. The van der Waals surface area contributed by atoms with E-state index in [-0.39, 0.29) is 6.04 Å². The van der Waals surface area contributed by atoms with Crippen molar-refractivity contribution in [1.82, 2.24) is 25.1 Å². The lowest BCUT2D eigenvalue weighted by molar-refractivity contribution is 0.0768. The van der Waals surface area contributed by atoms with Crippen molar-refractivity contribution in [1.29, 1.82) is 0 Å². The number of halogens is 1. The van der Waals surface area contributed by atoms with Gasteiger partial charge in [0, 0.05) is 38.8 Å². The fourth-order valence-corrected chi connectivity index (χ4v) is 2.92. The maximum Gasteiger partial charge on any atom is 0.151 e. The fourth-order valence-electron chi connectivity index (χ4n) is 2.69. The number of H-pyrrole nitrogens is 1. The van der Waals surface area contributed by atoms with Crippen molar-refractivity contribution in [3.8, 4) is 0 Å². The number of imidazole rings is 1. The molecule has 19 heavy (non-hydrogen) atoms. The highest BCUT2D eigenvalue weighted by atomic mass is 35.5. The van der Waals surface area contributed by atoms with Crippen LogP contribution in [0.1, 0.15) is 25.6 Å². The summed E-state index contributed by atoms with van der Waals surface area (Å²) in [6.45, 7) is 9.76. The first kappa shape index (κ1) is 14.8. The van der Waals surface area contributed by atoms with Gasteiger partial charge in [0.2, 0.25) is 0 Å². The van der Waals surface area contributed by atoms with Crippen molar-refractivity contribution < 1.29 is 0 Å². The van der Waals surface area contributed by atoms with E-state index >= 15 is 0 Å². The standard InChI is InChI=1S/C13H24ClN5/c1-10(2)18-4-6-19(7-5-18)11(8-15-3)12-13(14)17-9-16-12/h9-11,15H,4-8H2,1-3H3,(H,16,17). The summed E-state index contributed by atoms with van der Waals surface area (Å²) in [7, 11) is 1.97. The second-order valence-corrected chi connectivity index (χ2v) is 5.70. The maximum absolute atomic E-state index is 6.16. The normalized spacial score (nSPS) is 20.1. The van der Waals surface area contributed by atoms with Crippen molar-refractivity contribution in [2.45, 2.75) is 25.9 Å². The number of aromatic amines is 1. The van der Waals surface area contributed by atoms with Gasteiger partial charge in [0.15, 0.2) is 5.15 Å². The Labute approximate surface area is 120 Å². The zero-order valence-corrected chi connectivity index (χ0v) is 12.7. The lowest BCUT2D eigenvalue weighted by atomic mass is 10.1. The van der Waals surface area contributed by atoms with Gasteiger partial charge < -0.3 is 10.3 Å². The van der Waals surface area contributed by atoms with Gasteiger partial charge in [0.05, 0.1) is 18.1 Å². The molecule has 5 nitrogen and oxygen atoms in total. The van der Waals surface area contributed by atoms with Crippen molar-refractivity contribution in [2.75, 3.05) is 39.8 Å². The predicted octanol–water partition coefficient (Wildman–Crippen LogP) is 1.35. The first-order valence-electron chi connectivity index (χ1n) is 6.95. The summed E-state index contributed by atoms with van der Waals surface area (Å²) in [4.78, 5) is 12.3. The van der Waals surface area contributed by atoms with Crippen LogP contribution in [0.25, 0.3) is 0 Å². The third kappa shape index (κ3) is 3.48. The summed E-state index contributed by atoms with van der Waals surface area (Å²) in [5.74, 6) is 0. The molecule has 0 bridgehead atoms. The van der Waals surface area contributed by atoms with Gasteiger partial charge in [-0.05, 0) is 20.9 Å². The Morgan fingerprint density at radius 3 is 2.42 bits per heavy atom. The monoisotopic (exact) mass is 285 g/mol. The molecule has 6 heteroatoms. The number of nitrogens with one attached hydrogen (secondary N) is 2. The van der Waals surface area contributed by atoms with E-state index < -0.39 is 0 Å². The van der Waals surface area contributed by atoms with Crippen molar-refractivity contribution in [3.63, 3.8) is 0 Å². The van der Waals surface area contributed by atoms with Crippen molar-refractivity contribution in [2.24, 2.45) is 0 Å². The highest BCUT2D eigenvalue weighted by Gasteiger charge is 2.27.